The van der Waals surface area contributed by atoms with Gasteiger partial charge < -0.3 is 4.74 Å². The summed E-state index contributed by atoms with van der Waals surface area (Å²) in [6, 6.07) is 6.60. The molecule has 130 valence electrons. The first-order valence-electron chi connectivity index (χ1n) is 8.25. The van der Waals surface area contributed by atoms with Gasteiger partial charge in [0.2, 0.25) is 0 Å². The summed E-state index contributed by atoms with van der Waals surface area (Å²) in [6.45, 7) is 4.05. The highest BCUT2D eigenvalue weighted by atomic mass is 32.2. The van der Waals surface area contributed by atoms with Crippen LogP contribution in [0.5, 0.6) is 0 Å². The second kappa shape index (κ2) is 6.55. The first-order valence-corrected chi connectivity index (χ1v) is 9.74. The van der Waals surface area contributed by atoms with Crippen LogP contribution in [-0.2, 0) is 19.6 Å². The molecule has 0 spiro atoms. The molecule has 1 aromatic carbocycles. The molecule has 0 bridgehead atoms. The largest absolute Gasteiger partial charge is 0.466 e. The zero-order valence-electron chi connectivity index (χ0n) is 13.9. The lowest BCUT2D eigenvalue weighted by Gasteiger charge is -2.12. The number of carbonyl (C=O) groups is 1. The van der Waals surface area contributed by atoms with Gasteiger partial charge in [0.1, 0.15) is 0 Å². The van der Waals surface area contributed by atoms with Gasteiger partial charge in [-0.15, -0.1) is 0 Å². The number of hydrogen-bond donors (Lipinski definition) is 1. The third-order valence-electron chi connectivity index (χ3n) is 4.72. The van der Waals surface area contributed by atoms with Crippen LogP contribution >= 0.6 is 0 Å². The number of hydrogen-bond acceptors (Lipinski definition) is 5. The van der Waals surface area contributed by atoms with Gasteiger partial charge in [0.25, 0.3) is 10.0 Å². The Morgan fingerprint density at radius 2 is 2.04 bits per heavy atom. The number of nitrogens with one attached hydrogen (secondary N) is 1. The maximum atomic E-state index is 12.3. The van der Waals surface area contributed by atoms with Gasteiger partial charge in [0.05, 0.1) is 17.4 Å². The molecule has 2 saturated carbocycles. The molecule has 6 nitrogen and oxygen atoms in total. The average Bonchev–Trinajstić information content (AvgIpc) is 3.29. The maximum absolute atomic E-state index is 12.3. The molecule has 3 atom stereocenters. The van der Waals surface area contributed by atoms with E-state index in [0.29, 0.717) is 13.0 Å². The van der Waals surface area contributed by atoms with Crippen LogP contribution < -0.4 is 4.83 Å². The first kappa shape index (κ1) is 17.0. The Morgan fingerprint density at radius 3 is 2.71 bits per heavy atom. The van der Waals surface area contributed by atoms with Gasteiger partial charge >= 0.3 is 5.97 Å². The number of carbonyl (C=O) groups excluding carboxylic acids is 1. The molecular weight excluding hydrogens is 328 g/mol. The highest BCUT2D eigenvalue weighted by Gasteiger charge is 2.59. The van der Waals surface area contributed by atoms with Crippen molar-refractivity contribution < 1.29 is 17.9 Å². The average molecular weight is 350 g/mol. The van der Waals surface area contributed by atoms with E-state index in [9.17, 15) is 13.2 Å². The number of aryl methyl sites for hydroxylation is 1. The van der Waals surface area contributed by atoms with Crippen LogP contribution in [0.4, 0.5) is 0 Å². The Labute approximate surface area is 142 Å². The lowest BCUT2D eigenvalue weighted by Crippen LogP contribution is -2.22. The summed E-state index contributed by atoms with van der Waals surface area (Å²) in [5.41, 5.74) is 1.76. The molecule has 2 fully saturated rings. The van der Waals surface area contributed by atoms with E-state index >= 15 is 0 Å². The van der Waals surface area contributed by atoms with Crippen molar-refractivity contribution in [1.29, 1.82) is 0 Å². The van der Waals surface area contributed by atoms with Gasteiger partial charge in [0, 0.05) is 11.6 Å². The number of fused-ring (bicyclic) bond motifs is 1. The van der Waals surface area contributed by atoms with E-state index in [1.54, 1.807) is 31.2 Å². The number of sulfonamides is 1. The smallest absolute Gasteiger partial charge is 0.309 e. The minimum absolute atomic E-state index is 0.0264. The zero-order valence-corrected chi connectivity index (χ0v) is 14.7. The van der Waals surface area contributed by atoms with Crippen LogP contribution in [0.3, 0.4) is 0 Å². The van der Waals surface area contributed by atoms with Crippen molar-refractivity contribution in [2.75, 3.05) is 6.61 Å². The highest BCUT2D eigenvalue weighted by molar-refractivity contribution is 7.89. The second-order valence-electron chi connectivity index (χ2n) is 6.37. The van der Waals surface area contributed by atoms with Gasteiger partial charge in [-0.3, -0.25) is 4.79 Å². The van der Waals surface area contributed by atoms with Crippen molar-refractivity contribution in [2.24, 2.45) is 22.9 Å². The van der Waals surface area contributed by atoms with Gasteiger partial charge in [-0.2, -0.15) is 13.5 Å². The summed E-state index contributed by atoms with van der Waals surface area (Å²) in [5.74, 6) is -0.0717. The van der Waals surface area contributed by atoms with E-state index in [4.69, 9.17) is 4.74 Å². The minimum atomic E-state index is -3.68. The predicted molar refractivity (Wildman–Crippen MR) is 89.9 cm³/mol. The quantitative estimate of drug-likeness (QED) is 0.652. The van der Waals surface area contributed by atoms with E-state index in [1.807, 2.05) is 6.92 Å². The number of benzene rings is 1. The molecule has 0 amide bonds. The van der Waals surface area contributed by atoms with Crippen LogP contribution in [0, 0.1) is 24.7 Å². The number of rotatable bonds is 5. The van der Waals surface area contributed by atoms with Crippen LogP contribution in [0.25, 0.3) is 0 Å². The SMILES string of the molecule is CCOC(=O)[C@@H]1[C@H]2CCC/C(=N\NS(=O)(=O)c3ccc(C)cc3)[C@@H]21. The molecule has 2 aliphatic carbocycles. The lowest BCUT2D eigenvalue weighted by atomic mass is 9.99. The molecule has 7 heteroatoms. The van der Waals surface area contributed by atoms with E-state index in [0.717, 1.165) is 24.1 Å². The van der Waals surface area contributed by atoms with Crippen LogP contribution in [0.2, 0.25) is 0 Å². The number of ether oxygens (including phenoxy) is 1. The molecule has 0 unspecified atom stereocenters. The monoisotopic (exact) mass is 350 g/mol. The Kier molecular flexibility index (Phi) is 4.62. The molecule has 3 rings (SSSR count). The third kappa shape index (κ3) is 3.31. The Balaban J connectivity index is 1.72. The molecule has 0 radical (unpaired) electrons. The lowest BCUT2D eigenvalue weighted by molar-refractivity contribution is -0.145. The van der Waals surface area contributed by atoms with Crippen molar-refractivity contribution in [3.05, 3.63) is 29.8 Å². The minimum Gasteiger partial charge on any atom is -0.466 e. The van der Waals surface area contributed by atoms with Crippen molar-refractivity contribution in [3.63, 3.8) is 0 Å². The Hall–Kier alpha value is -1.89. The maximum Gasteiger partial charge on any atom is 0.309 e. The van der Waals surface area contributed by atoms with Gasteiger partial charge in [-0.05, 0) is 51.2 Å². The van der Waals surface area contributed by atoms with Crippen LogP contribution in [-0.4, -0.2) is 26.7 Å². The van der Waals surface area contributed by atoms with Crippen LogP contribution in [0.1, 0.15) is 31.7 Å². The summed E-state index contributed by atoms with van der Waals surface area (Å²) >= 11 is 0. The molecule has 24 heavy (non-hydrogen) atoms. The van der Waals surface area contributed by atoms with Gasteiger partial charge in [-0.25, -0.2) is 4.83 Å². The highest BCUT2D eigenvalue weighted by Crippen LogP contribution is 2.54. The molecular formula is C17H22N2O4S. The van der Waals surface area contributed by atoms with E-state index in [-0.39, 0.29) is 28.6 Å². The summed E-state index contributed by atoms with van der Waals surface area (Å²) in [6.07, 6.45) is 2.60. The molecule has 0 saturated heterocycles. The molecule has 0 aromatic heterocycles. The molecule has 2 aliphatic rings. The van der Waals surface area contributed by atoms with E-state index < -0.39 is 10.0 Å². The topological polar surface area (TPSA) is 84.8 Å². The summed E-state index contributed by atoms with van der Waals surface area (Å²) in [4.78, 5) is 14.5. The van der Waals surface area contributed by atoms with E-state index in [2.05, 4.69) is 9.93 Å². The fourth-order valence-electron chi connectivity index (χ4n) is 3.45. The van der Waals surface area contributed by atoms with Crippen molar-refractivity contribution >= 4 is 21.7 Å². The Bertz CT molecular complexity index is 755. The van der Waals surface area contributed by atoms with Gasteiger partial charge in [-0.1, -0.05) is 17.7 Å². The summed E-state index contributed by atoms with van der Waals surface area (Å²) in [5, 5.41) is 4.14. The second-order valence-corrected chi connectivity index (χ2v) is 8.03. The molecule has 0 heterocycles. The van der Waals surface area contributed by atoms with Crippen molar-refractivity contribution in [3.8, 4) is 0 Å². The fraction of sp³-hybridized carbons (Fsp3) is 0.529. The summed E-state index contributed by atoms with van der Waals surface area (Å²) in [7, 11) is -3.68. The first-order chi connectivity index (χ1) is 11.4. The number of nitrogens with zero attached hydrogens (tertiary/aromatic N) is 1. The number of hydrazone groups is 1. The number of esters is 1. The molecule has 1 N–H and O–H groups in total. The summed E-state index contributed by atoms with van der Waals surface area (Å²) < 4.78 is 29.7. The normalized spacial score (nSPS) is 27.4. The fourth-order valence-corrected chi connectivity index (χ4v) is 4.29. The van der Waals surface area contributed by atoms with Crippen molar-refractivity contribution in [1.82, 2.24) is 4.83 Å². The van der Waals surface area contributed by atoms with Crippen LogP contribution in [0.15, 0.2) is 34.3 Å². The van der Waals surface area contributed by atoms with E-state index in [1.165, 1.54) is 0 Å². The zero-order chi connectivity index (χ0) is 17.3. The molecule has 1 aromatic rings. The predicted octanol–water partition coefficient (Wildman–Crippen LogP) is 2.24. The third-order valence-corrected chi connectivity index (χ3v) is 5.95. The van der Waals surface area contributed by atoms with Crippen molar-refractivity contribution in [2.45, 2.75) is 38.0 Å². The standard InChI is InChI=1S/C17H22N2O4S/c1-3-23-17(20)16-13-5-4-6-14(15(13)16)18-19-24(21,22)12-9-7-11(2)8-10-12/h7-10,13,15-16,19H,3-6H2,1-2H3/b18-14+/t13-,15+,16+/m0/s1. The Morgan fingerprint density at radius 1 is 1.33 bits per heavy atom. The molecule has 0 aliphatic heterocycles. The van der Waals surface area contributed by atoms with Gasteiger partial charge in [0.15, 0.2) is 0 Å².